The third kappa shape index (κ3) is 3.21. The number of rotatable bonds is 4. The molecule has 1 aliphatic rings. The van der Waals surface area contributed by atoms with Crippen LogP contribution in [0, 0.1) is 0 Å². The minimum atomic E-state index is -2.40. The van der Waals surface area contributed by atoms with E-state index in [0.29, 0.717) is 0 Å². The van der Waals surface area contributed by atoms with Crippen molar-refractivity contribution in [2.24, 2.45) is 0 Å². The van der Waals surface area contributed by atoms with E-state index in [4.69, 9.17) is 0 Å². The van der Waals surface area contributed by atoms with E-state index in [0.717, 1.165) is 25.9 Å². The zero-order chi connectivity index (χ0) is 10.6. The van der Waals surface area contributed by atoms with Crippen molar-refractivity contribution in [3.63, 3.8) is 0 Å². The largest absolute Gasteiger partial charge is 0.341 e. The molecule has 0 aliphatic carbocycles. The first-order valence-electron chi connectivity index (χ1n) is 4.91. The second kappa shape index (κ2) is 5.24. The lowest BCUT2D eigenvalue weighted by Crippen LogP contribution is -2.45. The number of alkyl halides is 2. The predicted molar refractivity (Wildman–Crippen MR) is 49.3 cm³/mol. The monoisotopic (exact) mass is 206 g/mol. The molecule has 0 bridgehead atoms. The van der Waals surface area contributed by atoms with Crippen molar-refractivity contribution in [2.75, 3.05) is 19.6 Å². The predicted octanol–water partition coefficient (Wildman–Crippen LogP) is 0.852. The highest BCUT2D eigenvalue weighted by molar-refractivity contribution is 5.81. The van der Waals surface area contributed by atoms with Crippen molar-refractivity contribution in [1.29, 1.82) is 0 Å². The summed E-state index contributed by atoms with van der Waals surface area (Å²) in [6.07, 6.45) is -0.357. The van der Waals surface area contributed by atoms with E-state index in [2.05, 4.69) is 5.32 Å². The third-order valence-electron chi connectivity index (χ3n) is 2.37. The summed E-state index contributed by atoms with van der Waals surface area (Å²) < 4.78 is 23.7. The molecular formula is C9H16F2N2O. The van der Waals surface area contributed by atoms with Crippen molar-refractivity contribution in [3.8, 4) is 0 Å². The molecule has 0 spiro atoms. The number of carbonyl (C=O) groups excluding carboxylic acids is 1. The maximum atomic E-state index is 11.8. The fourth-order valence-electron chi connectivity index (χ4n) is 1.56. The van der Waals surface area contributed by atoms with E-state index >= 15 is 0 Å². The lowest BCUT2D eigenvalue weighted by Gasteiger charge is -2.20. The number of hydrogen-bond donors (Lipinski definition) is 1. The molecule has 0 saturated carbocycles. The molecule has 1 amide bonds. The van der Waals surface area contributed by atoms with Gasteiger partial charge in [-0.2, -0.15) is 0 Å². The van der Waals surface area contributed by atoms with Gasteiger partial charge in [-0.05, 0) is 19.8 Å². The number of nitrogens with one attached hydrogen (secondary N) is 1. The summed E-state index contributed by atoms with van der Waals surface area (Å²) >= 11 is 0. The normalized spacial score (nSPS) is 19.0. The van der Waals surface area contributed by atoms with Crippen LogP contribution in [0.5, 0.6) is 0 Å². The topological polar surface area (TPSA) is 32.3 Å². The summed E-state index contributed by atoms with van der Waals surface area (Å²) in [6, 6.07) is -0.498. The van der Waals surface area contributed by atoms with Gasteiger partial charge in [0.15, 0.2) is 0 Å². The molecule has 1 saturated heterocycles. The Morgan fingerprint density at radius 1 is 1.43 bits per heavy atom. The summed E-state index contributed by atoms with van der Waals surface area (Å²) in [5.74, 6) is -0.0665. The van der Waals surface area contributed by atoms with E-state index in [-0.39, 0.29) is 5.91 Å². The van der Waals surface area contributed by atoms with Crippen LogP contribution >= 0.6 is 0 Å². The van der Waals surface area contributed by atoms with Crippen molar-refractivity contribution in [1.82, 2.24) is 10.2 Å². The second-order valence-corrected chi connectivity index (χ2v) is 3.55. The molecule has 5 heteroatoms. The Labute approximate surface area is 82.5 Å². The fraction of sp³-hybridized carbons (Fsp3) is 0.889. The van der Waals surface area contributed by atoms with E-state index < -0.39 is 19.0 Å². The van der Waals surface area contributed by atoms with Gasteiger partial charge in [-0.15, -0.1) is 0 Å². The molecule has 14 heavy (non-hydrogen) atoms. The standard InChI is InChI=1S/C9H16F2N2O/c1-7(12-6-8(10)11)9(14)13-4-2-3-5-13/h7-8,12H,2-6H2,1H3. The Morgan fingerprint density at radius 2 is 2.00 bits per heavy atom. The fourth-order valence-corrected chi connectivity index (χ4v) is 1.56. The van der Waals surface area contributed by atoms with Gasteiger partial charge in [-0.25, -0.2) is 8.78 Å². The number of amides is 1. The molecule has 3 nitrogen and oxygen atoms in total. The number of hydrogen-bond acceptors (Lipinski definition) is 2. The van der Waals surface area contributed by atoms with Crippen LogP contribution in [0.3, 0.4) is 0 Å². The molecule has 0 aromatic carbocycles. The van der Waals surface area contributed by atoms with Crippen LogP contribution < -0.4 is 5.32 Å². The summed E-state index contributed by atoms with van der Waals surface area (Å²) in [4.78, 5) is 13.3. The van der Waals surface area contributed by atoms with E-state index in [1.807, 2.05) is 0 Å². The minimum absolute atomic E-state index is 0.0665. The van der Waals surface area contributed by atoms with Gasteiger partial charge >= 0.3 is 0 Å². The Hall–Kier alpha value is -0.710. The first-order valence-corrected chi connectivity index (χ1v) is 4.91. The molecule has 1 aliphatic heterocycles. The zero-order valence-electron chi connectivity index (χ0n) is 8.30. The molecule has 82 valence electrons. The molecule has 1 atom stereocenters. The van der Waals surface area contributed by atoms with Crippen LogP contribution in [0.4, 0.5) is 8.78 Å². The molecule has 0 aromatic heterocycles. The average Bonchev–Trinajstić information content (AvgIpc) is 2.65. The van der Waals surface area contributed by atoms with Gasteiger partial charge < -0.3 is 10.2 Å². The van der Waals surface area contributed by atoms with Crippen molar-refractivity contribution in [2.45, 2.75) is 32.2 Å². The summed E-state index contributed by atoms with van der Waals surface area (Å²) in [6.45, 7) is 2.74. The number of likely N-dealkylation sites (tertiary alicyclic amines) is 1. The quantitative estimate of drug-likeness (QED) is 0.739. The zero-order valence-corrected chi connectivity index (χ0v) is 8.30. The number of nitrogens with zero attached hydrogens (tertiary/aromatic N) is 1. The Kier molecular flexibility index (Phi) is 4.25. The van der Waals surface area contributed by atoms with Crippen LogP contribution in [0.15, 0.2) is 0 Å². The average molecular weight is 206 g/mol. The molecule has 1 rings (SSSR count). The Morgan fingerprint density at radius 3 is 2.50 bits per heavy atom. The van der Waals surface area contributed by atoms with Gasteiger partial charge in [0.1, 0.15) is 0 Å². The highest BCUT2D eigenvalue weighted by Crippen LogP contribution is 2.08. The summed E-state index contributed by atoms with van der Waals surface area (Å²) in [5, 5.41) is 2.52. The molecule has 1 fully saturated rings. The molecule has 1 heterocycles. The lowest BCUT2D eigenvalue weighted by molar-refractivity contribution is -0.132. The van der Waals surface area contributed by atoms with Crippen LogP contribution in [-0.4, -0.2) is 42.9 Å². The van der Waals surface area contributed by atoms with Gasteiger partial charge in [0.25, 0.3) is 6.43 Å². The molecule has 0 radical (unpaired) electrons. The Bertz CT molecular complexity index is 193. The van der Waals surface area contributed by atoms with Crippen LogP contribution in [-0.2, 0) is 4.79 Å². The summed E-state index contributed by atoms with van der Waals surface area (Å²) in [7, 11) is 0. The van der Waals surface area contributed by atoms with Crippen LogP contribution in [0.25, 0.3) is 0 Å². The van der Waals surface area contributed by atoms with Gasteiger partial charge in [0, 0.05) is 13.1 Å². The third-order valence-corrected chi connectivity index (χ3v) is 2.37. The van der Waals surface area contributed by atoms with E-state index in [1.54, 1.807) is 11.8 Å². The van der Waals surface area contributed by atoms with Gasteiger partial charge in [0.2, 0.25) is 5.91 Å². The van der Waals surface area contributed by atoms with Crippen molar-refractivity contribution in [3.05, 3.63) is 0 Å². The van der Waals surface area contributed by atoms with Crippen LogP contribution in [0.2, 0.25) is 0 Å². The van der Waals surface area contributed by atoms with Gasteiger partial charge in [-0.3, -0.25) is 4.79 Å². The molecule has 1 N–H and O–H groups in total. The molecular weight excluding hydrogens is 190 g/mol. The summed E-state index contributed by atoms with van der Waals surface area (Å²) in [5.41, 5.74) is 0. The van der Waals surface area contributed by atoms with Crippen molar-refractivity contribution < 1.29 is 13.6 Å². The second-order valence-electron chi connectivity index (χ2n) is 3.55. The Balaban J connectivity index is 2.28. The first-order chi connectivity index (χ1) is 6.61. The van der Waals surface area contributed by atoms with Gasteiger partial charge in [0.05, 0.1) is 12.6 Å². The smallest absolute Gasteiger partial charge is 0.250 e. The van der Waals surface area contributed by atoms with Crippen molar-refractivity contribution >= 4 is 5.91 Å². The SMILES string of the molecule is CC(NCC(F)F)C(=O)N1CCCC1. The first kappa shape index (κ1) is 11.4. The van der Waals surface area contributed by atoms with Gasteiger partial charge in [-0.1, -0.05) is 0 Å². The maximum Gasteiger partial charge on any atom is 0.250 e. The highest BCUT2D eigenvalue weighted by atomic mass is 19.3. The molecule has 1 unspecified atom stereocenters. The maximum absolute atomic E-state index is 11.8. The molecule has 0 aromatic rings. The van der Waals surface area contributed by atoms with Crippen LogP contribution in [0.1, 0.15) is 19.8 Å². The lowest BCUT2D eigenvalue weighted by atomic mass is 10.3. The highest BCUT2D eigenvalue weighted by Gasteiger charge is 2.23. The minimum Gasteiger partial charge on any atom is -0.341 e. The number of halogens is 2. The number of carbonyl (C=O) groups is 1. The van der Waals surface area contributed by atoms with E-state index in [9.17, 15) is 13.6 Å². The van der Waals surface area contributed by atoms with E-state index in [1.165, 1.54) is 0 Å².